The predicted molar refractivity (Wildman–Crippen MR) is 81.0 cm³/mol. The van der Waals surface area contributed by atoms with Crippen LogP contribution >= 0.6 is 11.6 Å². The summed E-state index contributed by atoms with van der Waals surface area (Å²) in [5.74, 6) is -1.36. The number of carbonyl (C=O) groups is 2. The minimum atomic E-state index is -1.08. The summed E-state index contributed by atoms with van der Waals surface area (Å²) in [7, 11) is 0. The van der Waals surface area contributed by atoms with Gasteiger partial charge in [0.1, 0.15) is 16.3 Å². The molecule has 0 saturated heterocycles. The smallest absolute Gasteiger partial charge is 0.340 e. The summed E-state index contributed by atoms with van der Waals surface area (Å²) in [5.41, 5.74) is -0.466. The first kappa shape index (κ1) is 16.8. The molecule has 0 spiro atoms. The molecule has 0 radical (unpaired) electrons. The van der Waals surface area contributed by atoms with Crippen molar-refractivity contribution in [3.05, 3.63) is 16.9 Å². The molecule has 1 fully saturated rings. The molecule has 0 aromatic carbocycles. The van der Waals surface area contributed by atoms with Crippen LogP contribution in [0.15, 0.2) is 6.20 Å². The Bertz CT molecular complexity index is 569. The van der Waals surface area contributed by atoms with Crippen LogP contribution in [0.3, 0.4) is 0 Å². The van der Waals surface area contributed by atoms with Crippen LogP contribution in [-0.2, 0) is 9.53 Å². The van der Waals surface area contributed by atoms with Crippen LogP contribution in [0.2, 0.25) is 5.15 Å². The Morgan fingerprint density at radius 3 is 2.36 bits per heavy atom. The van der Waals surface area contributed by atoms with Gasteiger partial charge in [-0.3, -0.25) is 9.48 Å². The van der Waals surface area contributed by atoms with Crippen molar-refractivity contribution in [3.63, 3.8) is 0 Å². The van der Waals surface area contributed by atoms with Gasteiger partial charge in [0.25, 0.3) is 0 Å². The molecule has 1 heterocycles. The highest BCUT2D eigenvalue weighted by atomic mass is 35.5. The molecule has 1 saturated carbocycles. The van der Waals surface area contributed by atoms with E-state index in [1.165, 1.54) is 6.20 Å². The van der Waals surface area contributed by atoms with Gasteiger partial charge in [0.05, 0.1) is 18.2 Å². The number of halogens is 1. The molecule has 0 aliphatic heterocycles. The number of ether oxygens (including phenoxy) is 1. The summed E-state index contributed by atoms with van der Waals surface area (Å²) in [5, 5.41) is 13.2. The zero-order valence-electron chi connectivity index (χ0n) is 13.0. The Morgan fingerprint density at radius 1 is 1.32 bits per heavy atom. The maximum Gasteiger partial charge on any atom is 0.340 e. The van der Waals surface area contributed by atoms with Gasteiger partial charge in [0, 0.05) is 0 Å². The van der Waals surface area contributed by atoms with Crippen LogP contribution in [0.5, 0.6) is 0 Å². The first-order chi connectivity index (χ1) is 10.2. The Labute approximate surface area is 134 Å². The van der Waals surface area contributed by atoms with Gasteiger partial charge in [0.15, 0.2) is 0 Å². The molecule has 0 bridgehead atoms. The average molecular weight is 329 g/mol. The molecule has 2 rings (SSSR count). The van der Waals surface area contributed by atoms with Gasteiger partial charge >= 0.3 is 11.9 Å². The van der Waals surface area contributed by atoms with Crippen LogP contribution in [0.1, 0.15) is 62.9 Å². The topological polar surface area (TPSA) is 81.4 Å². The molecule has 22 heavy (non-hydrogen) atoms. The number of carboxylic acids is 1. The lowest BCUT2D eigenvalue weighted by molar-refractivity contribution is -0.161. The van der Waals surface area contributed by atoms with Crippen LogP contribution in [0.4, 0.5) is 0 Å². The molecule has 0 unspecified atom stereocenters. The van der Waals surface area contributed by atoms with Crippen molar-refractivity contribution in [2.75, 3.05) is 0 Å². The summed E-state index contributed by atoms with van der Waals surface area (Å²) in [6, 6.07) is 0.0271. The van der Waals surface area contributed by atoms with Gasteiger partial charge < -0.3 is 9.84 Å². The second kappa shape index (κ2) is 6.28. The van der Waals surface area contributed by atoms with Crippen molar-refractivity contribution >= 4 is 23.5 Å². The molecule has 0 amide bonds. The lowest BCUT2D eigenvalue weighted by Crippen LogP contribution is -2.31. The first-order valence-electron chi connectivity index (χ1n) is 7.38. The molecule has 1 aliphatic rings. The van der Waals surface area contributed by atoms with Gasteiger partial charge in [-0.15, -0.1) is 0 Å². The highest BCUT2D eigenvalue weighted by molar-refractivity contribution is 6.32. The minimum Gasteiger partial charge on any atom is -0.478 e. The van der Waals surface area contributed by atoms with Crippen molar-refractivity contribution < 1.29 is 19.4 Å². The highest BCUT2D eigenvalue weighted by Gasteiger charge is 2.32. The van der Waals surface area contributed by atoms with Gasteiger partial charge in [0.2, 0.25) is 0 Å². The lowest BCUT2D eigenvalue weighted by Gasteiger charge is -2.30. The largest absolute Gasteiger partial charge is 0.478 e. The third kappa shape index (κ3) is 3.80. The second-order valence-electron chi connectivity index (χ2n) is 6.64. The molecular weight excluding hydrogens is 308 g/mol. The van der Waals surface area contributed by atoms with E-state index in [1.54, 1.807) is 4.68 Å². The number of aromatic carboxylic acids is 1. The van der Waals surface area contributed by atoms with Crippen LogP contribution < -0.4 is 0 Å². The molecule has 1 aliphatic carbocycles. The van der Waals surface area contributed by atoms with Crippen molar-refractivity contribution in [1.29, 1.82) is 0 Å². The molecule has 7 heteroatoms. The molecule has 0 atom stereocenters. The third-order valence-corrected chi connectivity index (χ3v) is 4.12. The van der Waals surface area contributed by atoms with Crippen molar-refractivity contribution in [3.8, 4) is 0 Å². The Hall–Kier alpha value is -1.56. The van der Waals surface area contributed by atoms with E-state index >= 15 is 0 Å². The maximum atomic E-state index is 12.1. The molecule has 6 nitrogen and oxygen atoms in total. The molecule has 1 aromatic heterocycles. The van der Waals surface area contributed by atoms with Crippen LogP contribution in [0.25, 0.3) is 0 Å². The summed E-state index contributed by atoms with van der Waals surface area (Å²) >= 11 is 6.07. The second-order valence-corrected chi connectivity index (χ2v) is 7.00. The van der Waals surface area contributed by atoms with Crippen molar-refractivity contribution in [2.24, 2.45) is 5.92 Å². The Kier molecular flexibility index (Phi) is 4.80. The van der Waals surface area contributed by atoms with Crippen molar-refractivity contribution in [1.82, 2.24) is 9.78 Å². The standard InChI is InChI=1S/C15H21ClN2O4/c1-15(2,3)22-14(21)9-4-6-10(7-5-9)18-12(16)11(8-17-18)13(19)20/h8-10H,4-7H2,1-3H3,(H,19,20)/t9-,10-. The van der Waals surface area contributed by atoms with Gasteiger partial charge in [-0.05, 0) is 46.5 Å². The molecular formula is C15H21ClN2O4. The van der Waals surface area contributed by atoms with Crippen LogP contribution in [0, 0.1) is 5.92 Å². The Balaban J connectivity index is 1.98. The molecule has 1 N–H and O–H groups in total. The average Bonchev–Trinajstić information content (AvgIpc) is 2.79. The number of esters is 1. The zero-order valence-corrected chi connectivity index (χ0v) is 13.8. The summed E-state index contributed by atoms with van der Waals surface area (Å²) < 4.78 is 6.96. The minimum absolute atomic E-state index is 0.0101. The maximum absolute atomic E-state index is 12.1. The van der Waals surface area contributed by atoms with E-state index in [9.17, 15) is 9.59 Å². The Morgan fingerprint density at radius 2 is 1.91 bits per heavy atom. The van der Waals surface area contributed by atoms with Gasteiger partial charge in [-0.25, -0.2) is 4.79 Å². The number of hydrogen-bond acceptors (Lipinski definition) is 4. The van der Waals surface area contributed by atoms with E-state index in [4.69, 9.17) is 21.4 Å². The number of rotatable bonds is 3. The van der Waals surface area contributed by atoms with Crippen LogP contribution in [-0.4, -0.2) is 32.4 Å². The quantitative estimate of drug-likeness (QED) is 0.861. The highest BCUT2D eigenvalue weighted by Crippen LogP contribution is 2.35. The molecule has 122 valence electrons. The number of nitrogens with zero attached hydrogens (tertiary/aromatic N) is 2. The fourth-order valence-corrected chi connectivity index (χ4v) is 3.00. The lowest BCUT2D eigenvalue weighted by atomic mass is 9.86. The SMILES string of the molecule is CC(C)(C)OC(=O)[C@H]1CC[C@H](n2ncc(C(=O)O)c2Cl)CC1. The summed E-state index contributed by atoms with van der Waals surface area (Å²) in [6.45, 7) is 5.56. The third-order valence-electron chi connectivity index (χ3n) is 3.75. The van der Waals surface area contributed by atoms with Gasteiger partial charge in [-0.1, -0.05) is 11.6 Å². The van der Waals surface area contributed by atoms with E-state index in [2.05, 4.69) is 5.10 Å². The normalized spacial score (nSPS) is 22.4. The van der Waals surface area contributed by atoms with Gasteiger partial charge in [-0.2, -0.15) is 5.10 Å². The van der Waals surface area contributed by atoms with E-state index in [0.717, 1.165) is 12.8 Å². The first-order valence-corrected chi connectivity index (χ1v) is 7.76. The predicted octanol–water partition coefficient (Wildman–Crippen LogP) is 3.31. The number of aromatic nitrogens is 2. The monoisotopic (exact) mass is 328 g/mol. The van der Waals surface area contributed by atoms with E-state index in [0.29, 0.717) is 12.8 Å². The fourth-order valence-electron chi connectivity index (χ4n) is 2.69. The summed E-state index contributed by atoms with van der Waals surface area (Å²) in [4.78, 5) is 23.1. The fraction of sp³-hybridized carbons (Fsp3) is 0.667. The number of carboxylic acid groups (broad SMARTS) is 1. The summed E-state index contributed by atoms with van der Waals surface area (Å²) in [6.07, 6.45) is 4.11. The van der Waals surface area contributed by atoms with Crippen molar-refractivity contribution in [2.45, 2.75) is 58.1 Å². The number of hydrogen-bond donors (Lipinski definition) is 1. The zero-order chi connectivity index (χ0) is 16.5. The molecule has 1 aromatic rings. The van der Waals surface area contributed by atoms with E-state index in [1.807, 2.05) is 20.8 Å². The van der Waals surface area contributed by atoms with E-state index in [-0.39, 0.29) is 28.6 Å². The van der Waals surface area contributed by atoms with E-state index < -0.39 is 11.6 Å². The number of carbonyl (C=O) groups excluding carboxylic acids is 1.